The summed E-state index contributed by atoms with van der Waals surface area (Å²) < 4.78 is 1.55. The Morgan fingerprint density at radius 2 is 2.27 bits per heavy atom. The molecule has 2 aliphatic rings. The molecule has 2 rings (SSSR count). The van der Waals surface area contributed by atoms with Crippen LogP contribution in [-0.2, 0) is 0 Å². The molecule has 3 heteroatoms. The summed E-state index contributed by atoms with van der Waals surface area (Å²) in [5.74, 6) is 0. The van der Waals surface area contributed by atoms with Crippen LogP contribution in [0.25, 0.3) is 5.69 Å². The summed E-state index contributed by atoms with van der Waals surface area (Å²) in [5.41, 5.74) is 0.804. The largest absolute Gasteiger partial charge is 0.283 e. The summed E-state index contributed by atoms with van der Waals surface area (Å²) in [6.45, 7) is 0. The summed E-state index contributed by atoms with van der Waals surface area (Å²) >= 11 is 0. The van der Waals surface area contributed by atoms with E-state index in [9.17, 15) is 4.79 Å². The maximum atomic E-state index is 11.1. The first-order chi connectivity index (χ1) is 5.38. The van der Waals surface area contributed by atoms with Crippen molar-refractivity contribution in [3.63, 3.8) is 0 Å². The van der Waals surface area contributed by atoms with Gasteiger partial charge in [0.1, 0.15) is 0 Å². The van der Waals surface area contributed by atoms with E-state index in [0.29, 0.717) is 0 Å². The summed E-state index contributed by atoms with van der Waals surface area (Å²) in [4.78, 5) is 15.0. The molecule has 0 spiro atoms. The lowest BCUT2D eigenvalue weighted by Crippen LogP contribution is -2.08. The highest BCUT2D eigenvalue weighted by molar-refractivity contribution is 5.30. The predicted molar refractivity (Wildman–Crippen MR) is 41.0 cm³/mol. The molecule has 0 aliphatic carbocycles. The van der Waals surface area contributed by atoms with E-state index < -0.39 is 0 Å². The van der Waals surface area contributed by atoms with Crippen LogP contribution in [-0.4, -0.2) is 9.55 Å². The number of nitrogens with zero attached hydrogens (tertiary/aromatic N) is 2. The van der Waals surface area contributed by atoms with Gasteiger partial charge in [0.25, 0.3) is 5.56 Å². The average molecular weight is 146 g/mol. The second-order valence-electron chi connectivity index (χ2n) is 2.24. The molecule has 54 valence electrons. The highest BCUT2D eigenvalue weighted by Crippen LogP contribution is 2.01. The van der Waals surface area contributed by atoms with Gasteiger partial charge in [-0.1, -0.05) is 0 Å². The lowest BCUT2D eigenvalue weighted by atomic mass is 10.5. The Hall–Kier alpha value is -1.64. The molecule has 2 heterocycles. The topological polar surface area (TPSA) is 34.9 Å². The Balaban J connectivity index is 2.86. The van der Waals surface area contributed by atoms with E-state index in [0.717, 1.165) is 5.69 Å². The third-order valence-corrected chi connectivity index (χ3v) is 1.53. The minimum Gasteiger partial charge on any atom is -0.283 e. The zero-order valence-corrected chi connectivity index (χ0v) is 5.77. The third kappa shape index (κ3) is 0.902. The van der Waals surface area contributed by atoms with E-state index in [-0.39, 0.29) is 5.56 Å². The van der Waals surface area contributed by atoms with Crippen LogP contribution in [0.15, 0.2) is 41.6 Å². The van der Waals surface area contributed by atoms with Crippen molar-refractivity contribution in [3.8, 4) is 5.69 Å². The van der Waals surface area contributed by atoms with Gasteiger partial charge < -0.3 is 0 Å². The SMILES string of the molecule is O=c1ccc2cncccn1-2. The van der Waals surface area contributed by atoms with Crippen molar-refractivity contribution >= 4 is 0 Å². The quantitative estimate of drug-likeness (QED) is 0.547. The Labute approximate surface area is 63.3 Å². The fourth-order valence-corrected chi connectivity index (χ4v) is 1.00. The molecule has 0 fully saturated rings. The first-order valence-corrected chi connectivity index (χ1v) is 3.29. The van der Waals surface area contributed by atoms with Gasteiger partial charge in [0, 0.05) is 18.5 Å². The molecule has 2 aliphatic heterocycles. The molecule has 0 bridgehead atoms. The molecule has 0 aromatic carbocycles. The summed E-state index contributed by atoms with van der Waals surface area (Å²) in [6, 6.07) is 5.00. The van der Waals surface area contributed by atoms with Gasteiger partial charge in [-0.2, -0.15) is 0 Å². The zero-order chi connectivity index (χ0) is 7.68. The molecule has 0 aromatic rings. The highest BCUT2D eigenvalue weighted by Gasteiger charge is 1.99. The van der Waals surface area contributed by atoms with Crippen LogP contribution < -0.4 is 5.56 Å². The van der Waals surface area contributed by atoms with Gasteiger partial charge in [0.15, 0.2) is 0 Å². The van der Waals surface area contributed by atoms with E-state index in [1.807, 2.05) is 0 Å². The first-order valence-electron chi connectivity index (χ1n) is 3.29. The van der Waals surface area contributed by atoms with Crippen molar-refractivity contribution in [3.05, 3.63) is 47.1 Å². The Morgan fingerprint density at radius 1 is 1.36 bits per heavy atom. The van der Waals surface area contributed by atoms with Crippen LogP contribution in [0.5, 0.6) is 0 Å². The van der Waals surface area contributed by atoms with Crippen LogP contribution in [0.4, 0.5) is 0 Å². The van der Waals surface area contributed by atoms with Crippen molar-refractivity contribution in [2.24, 2.45) is 0 Å². The second kappa shape index (κ2) is 2.20. The number of hydrogen-bond donors (Lipinski definition) is 0. The molecule has 0 N–H and O–H groups in total. The first kappa shape index (κ1) is 6.09. The fraction of sp³-hybridized carbons (Fsp3) is 0. The van der Waals surface area contributed by atoms with Crippen LogP contribution in [0.3, 0.4) is 0 Å². The number of fused-ring (bicyclic) bond motifs is 1. The molecule has 11 heavy (non-hydrogen) atoms. The van der Waals surface area contributed by atoms with Crippen molar-refractivity contribution in [2.75, 3.05) is 0 Å². The maximum absolute atomic E-state index is 11.1. The molecular formula is C8H6N2O. The van der Waals surface area contributed by atoms with Crippen molar-refractivity contribution in [1.29, 1.82) is 0 Å². The van der Waals surface area contributed by atoms with Gasteiger partial charge in [-0.3, -0.25) is 14.3 Å². The van der Waals surface area contributed by atoms with Crippen LogP contribution in [0.1, 0.15) is 0 Å². The Bertz CT molecular complexity index is 394. The van der Waals surface area contributed by atoms with Crippen LogP contribution in [0, 0.1) is 0 Å². The molecule has 3 nitrogen and oxygen atoms in total. The van der Waals surface area contributed by atoms with Crippen LogP contribution >= 0.6 is 0 Å². The average Bonchev–Trinajstić information content (AvgIpc) is 2.25. The van der Waals surface area contributed by atoms with E-state index in [2.05, 4.69) is 4.98 Å². The monoisotopic (exact) mass is 146 g/mol. The third-order valence-electron chi connectivity index (χ3n) is 1.53. The molecule has 0 atom stereocenters. The second-order valence-corrected chi connectivity index (χ2v) is 2.24. The van der Waals surface area contributed by atoms with Gasteiger partial charge in [-0.05, 0) is 12.1 Å². The number of rotatable bonds is 0. The molecule has 0 saturated carbocycles. The minimum absolute atomic E-state index is 0.0157. The summed E-state index contributed by atoms with van der Waals surface area (Å²) in [5, 5.41) is 0. The van der Waals surface area contributed by atoms with E-state index >= 15 is 0 Å². The lowest BCUT2D eigenvalue weighted by Gasteiger charge is -1.91. The predicted octanol–water partition coefficient (Wildman–Crippen LogP) is 0.670. The highest BCUT2D eigenvalue weighted by atomic mass is 16.1. The van der Waals surface area contributed by atoms with Gasteiger partial charge in [0.05, 0.1) is 11.9 Å². The molecular weight excluding hydrogens is 140 g/mol. The van der Waals surface area contributed by atoms with Gasteiger partial charge >= 0.3 is 0 Å². The normalized spacial score (nSPS) is 10.2. The molecule has 0 amide bonds. The molecule has 0 saturated heterocycles. The van der Waals surface area contributed by atoms with Crippen LogP contribution in [0.2, 0.25) is 0 Å². The Morgan fingerprint density at radius 3 is 3.18 bits per heavy atom. The smallest absolute Gasteiger partial charge is 0.255 e. The summed E-state index contributed by atoms with van der Waals surface area (Å²) in [7, 11) is 0. The van der Waals surface area contributed by atoms with Gasteiger partial charge in [-0.25, -0.2) is 0 Å². The fourth-order valence-electron chi connectivity index (χ4n) is 1.00. The Kier molecular flexibility index (Phi) is 1.22. The van der Waals surface area contributed by atoms with Crippen molar-refractivity contribution in [2.45, 2.75) is 0 Å². The molecule has 0 unspecified atom stereocenters. The summed E-state index contributed by atoms with van der Waals surface area (Å²) in [6.07, 6.45) is 5.00. The van der Waals surface area contributed by atoms with Gasteiger partial charge in [0.2, 0.25) is 0 Å². The van der Waals surface area contributed by atoms with Crippen molar-refractivity contribution in [1.82, 2.24) is 9.55 Å². The van der Waals surface area contributed by atoms with E-state index in [1.54, 1.807) is 35.3 Å². The van der Waals surface area contributed by atoms with Crippen molar-refractivity contribution < 1.29 is 0 Å². The van der Waals surface area contributed by atoms with E-state index in [1.165, 1.54) is 6.07 Å². The molecule has 0 aromatic heterocycles. The van der Waals surface area contributed by atoms with Gasteiger partial charge in [-0.15, -0.1) is 0 Å². The number of aromatic nitrogens is 2. The standard InChI is InChI=1S/C8H6N2O/c11-8-3-2-7-6-9-4-1-5-10(7)8/h1-6H. The maximum Gasteiger partial charge on any atom is 0.255 e. The zero-order valence-electron chi connectivity index (χ0n) is 5.77. The lowest BCUT2D eigenvalue weighted by molar-refractivity contribution is 1.03. The number of hydrogen-bond acceptors (Lipinski definition) is 2. The molecule has 0 radical (unpaired) electrons. The van der Waals surface area contributed by atoms with E-state index in [4.69, 9.17) is 0 Å². The minimum atomic E-state index is -0.0157.